The van der Waals surface area contributed by atoms with Gasteiger partial charge in [-0.3, -0.25) is 9.69 Å². The number of nitrogens with one attached hydrogen (secondary N) is 1. The summed E-state index contributed by atoms with van der Waals surface area (Å²) in [6.07, 6.45) is 8.24. The van der Waals surface area contributed by atoms with Crippen molar-refractivity contribution in [2.24, 2.45) is 11.7 Å². The summed E-state index contributed by atoms with van der Waals surface area (Å²) in [4.78, 5) is 24.7. The van der Waals surface area contributed by atoms with Crippen molar-refractivity contribution in [1.82, 2.24) is 4.90 Å². The maximum Gasteiger partial charge on any atom is 0.321 e. The zero-order valence-electron chi connectivity index (χ0n) is 13.8. The molecule has 3 N–H and O–H groups in total. The molecule has 6 heteroatoms. The second kappa shape index (κ2) is 9.25. The molecule has 0 unspecified atom stereocenters. The lowest BCUT2D eigenvalue weighted by Gasteiger charge is -2.23. The number of carbonyl (C=O) groups is 2. The Morgan fingerprint density at radius 1 is 1.29 bits per heavy atom. The Kier molecular flexibility index (Phi) is 7.03. The second-order valence-corrected chi connectivity index (χ2v) is 6.21. The Morgan fingerprint density at radius 3 is 2.71 bits per heavy atom. The molecule has 0 aromatic heterocycles. The molecule has 0 atom stereocenters. The number of amides is 3. The van der Waals surface area contributed by atoms with E-state index in [1.807, 2.05) is 0 Å². The SMILES string of the molecule is NC(=O)N(CCNc1cccc(F)c1)C(=O)[CH]CC1CCCCC1. The summed E-state index contributed by atoms with van der Waals surface area (Å²) in [5.74, 6) is -0.166. The lowest BCUT2D eigenvalue weighted by molar-refractivity contribution is -0.124. The number of benzene rings is 1. The van der Waals surface area contributed by atoms with E-state index in [9.17, 15) is 14.0 Å². The van der Waals surface area contributed by atoms with Gasteiger partial charge in [-0.1, -0.05) is 38.2 Å². The van der Waals surface area contributed by atoms with Crippen LogP contribution in [-0.2, 0) is 4.79 Å². The fourth-order valence-electron chi connectivity index (χ4n) is 3.04. The van der Waals surface area contributed by atoms with Crippen LogP contribution in [0.4, 0.5) is 14.9 Å². The van der Waals surface area contributed by atoms with Gasteiger partial charge in [0.15, 0.2) is 0 Å². The van der Waals surface area contributed by atoms with E-state index in [4.69, 9.17) is 5.73 Å². The molecule has 2 rings (SSSR count). The molecule has 1 saturated carbocycles. The summed E-state index contributed by atoms with van der Waals surface area (Å²) in [5.41, 5.74) is 5.90. The molecule has 0 spiro atoms. The van der Waals surface area contributed by atoms with E-state index in [0.717, 1.165) is 17.7 Å². The maximum atomic E-state index is 13.1. The molecule has 1 radical (unpaired) electrons. The standard InChI is InChI=1S/C18H25FN3O2/c19-15-7-4-8-16(13-15)21-11-12-22(18(20)24)17(23)10-9-14-5-2-1-3-6-14/h4,7-8,10,13-14,21H,1-3,5-6,9,11-12H2,(H2,20,24). The molecule has 1 fully saturated rings. The van der Waals surface area contributed by atoms with Crippen LogP contribution in [0, 0.1) is 18.2 Å². The summed E-state index contributed by atoms with van der Waals surface area (Å²) in [6.45, 7) is 0.460. The Labute approximate surface area is 142 Å². The number of hydrogen-bond acceptors (Lipinski definition) is 3. The highest BCUT2D eigenvalue weighted by atomic mass is 19.1. The van der Waals surface area contributed by atoms with Gasteiger partial charge in [0.1, 0.15) is 5.82 Å². The smallest absolute Gasteiger partial charge is 0.321 e. The second-order valence-electron chi connectivity index (χ2n) is 6.21. The number of primary amides is 1. The molecule has 1 aliphatic rings. The molecular weight excluding hydrogens is 309 g/mol. The normalized spacial score (nSPS) is 15.0. The lowest BCUT2D eigenvalue weighted by Crippen LogP contribution is -2.43. The van der Waals surface area contributed by atoms with Crippen LogP contribution in [0.5, 0.6) is 0 Å². The molecule has 24 heavy (non-hydrogen) atoms. The molecule has 1 aromatic carbocycles. The van der Waals surface area contributed by atoms with Crippen molar-refractivity contribution in [3.63, 3.8) is 0 Å². The number of halogens is 1. The molecule has 0 heterocycles. The molecule has 1 aromatic rings. The summed E-state index contributed by atoms with van der Waals surface area (Å²) < 4.78 is 13.1. The Balaban J connectivity index is 1.77. The number of urea groups is 1. The van der Waals surface area contributed by atoms with E-state index >= 15 is 0 Å². The van der Waals surface area contributed by atoms with Crippen LogP contribution >= 0.6 is 0 Å². The van der Waals surface area contributed by atoms with Crippen LogP contribution in [0.3, 0.4) is 0 Å². The third-order valence-electron chi connectivity index (χ3n) is 4.37. The minimum absolute atomic E-state index is 0.145. The van der Waals surface area contributed by atoms with Gasteiger partial charge < -0.3 is 11.1 Å². The van der Waals surface area contributed by atoms with Gasteiger partial charge in [0.2, 0.25) is 5.91 Å². The molecular formula is C18H25FN3O2. The van der Waals surface area contributed by atoms with Crippen molar-refractivity contribution < 1.29 is 14.0 Å². The Bertz CT molecular complexity index is 559. The summed E-state index contributed by atoms with van der Waals surface area (Å²) in [7, 11) is 0. The predicted molar refractivity (Wildman–Crippen MR) is 91.7 cm³/mol. The number of hydrogen-bond donors (Lipinski definition) is 2. The molecule has 131 valence electrons. The molecule has 0 bridgehead atoms. The van der Waals surface area contributed by atoms with E-state index in [0.29, 0.717) is 24.6 Å². The van der Waals surface area contributed by atoms with Gasteiger partial charge in [-0.25, -0.2) is 9.18 Å². The molecule has 3 amide bonds. The lowest BCUT2D eigenvalue weighted by atomic mass is 9.86. The van der Waals surface area contributed by atoms with Gasteiger partial charge in [-0.2, -0.15) is 0 Å². The van der Waals surface area contributed by atoms with Crippen LogP contribution < -0.4 is 11.1 Å². The highest BCUT2D eigenvalue weighted by Gasteiger charge is 2.21. The first-order valence-electron chi connectivity index (χ1n) is 8.50. The van der Waals surface area contributed by atoms with Gasteiger partial charge in [0.05, 0.1) is 6.42 Å². The van der Waals surface area contributed by atoms with Gasteiger partial charge in [-0.15, -0.1) is 0 Å². The van der Waals surface area contributed by atoms with Crippen molar-refractivity contribution >= 4 is 17.6 Å². The third kappa shape index (κ3) is 5.83. The molecule has 0 saturated heterocycles. The summed E-state index contributed by atoms with van der Waals surface area (Å²) in [5, 5.41) is 2.98. The number of carbonyl (C=O) groups excluding carboxylic acids is 2. The fourth-order valence-corrected chi connectivity index (χ4v) is 3.04. The average molecular weight is 334 g/mol. The largest absolute Gasteiger partial charge is 0.383 e. The highest BCUT2D eigenvalue weighted by Crippen LogP contribution is 2.27. The van der Waals surface area contributed by atoms with E-state index in [1.54, 1.807) is 18.6 Å². The van der Waals surface area contributed by atoms with Gasteiger partial charge in [0.25, 0.3) is 0 Å². The van der Waals surface area contributed by atoms with Crippen molar-refractivity contribution in [1.29, 1.82) is 0 Å². The van der Waals surface area contributed by atoms with E-state index in [-0.39, 0.29) is 18.3 Å². The summed E-state index contributed by atoms with van der Waals surface area (Å²) >= 11 is 0. The minimum Gasteiger partial charge on any atom is -0.383 e. The highest BCUT2D eigenvalue weighted by molar-refractivity contribution is 5.98. The zero-order valence-corrected chi connectivity index (χ0v) is 13.8. The van der Waals surface area contributed by atoms with Gasteiger partial charge >= 0.3 is 6.03 Å². The minimum atomic E-state index is -0.763. The van der Waals surface area contributed by atoms with Crippen molar-refractivity contribution in [3.05, 3.63) is 36.5 Å². The maximum absolute atomic E-state index is 13.1. The monoisotopic (exact) mass is 334 g/mol. The van der Waals surface area contributed by atoms with Crippen LogP contribution in [0.1, 0.15) is 38.5 Å². The third-order valence-corrected chi connectivity index (χ3v) is 4.37. The van der Waals surface area contributed by atoms with Crippen molar-refractivity contribution in [2.45, 2.75) is 38.5 Å². The quantitative estimate of drug-likeness (QED) is 0.803. The van der Waals surface area contributed by atoms with E-state index in [2.05, 4.69) is 5.32 Å². The molecule has 5 nitrogen and oxygen atoms in total. The average Bonchev–Trinajstić information content (AvgIpc) is 2.57. The number of nitrogens with zero attached hydrogens (tertiary/aromatic N) is 1. The van der Waals surface area contributed by atoms with Crippen molar-refractivity contribution in [2.75, 3.05) is 18.4 Å². The van der Waals surface area contributed by atoms with Crippen molar-refractivity contribution in [3.8, 4) is 0 Å². The Morgan fingerprint density at radius 2 is 2.04 bits per heavy atom. The topological polar surface area (TPSA) is 75.4 Å². The van der Waals surface area contributed by atoms with E-state index in [1.165, 1.54) is 31.4 Å². The summed E-state index contributed by atoms with van der Waals surface area (Å²) in [6, 6.07) is 5.25. The van der Waals surface area contributed by atoms with Crippen LogP contribution in [-0.4, -0.2) is 29.9 Å². The zero-order chi connectivity index (χ0) is 17.4. The number of anilines is 1. The molecule has 0 aliphatic heterocycles. The number of nitrogens with two attached hydrogens (primary N) is 1. The van der Waals surface area contributed by atoms with Crippen LogP contribution in [0.25, 0.3) is 0 Å². The molecule has 1 aliphatic carbocycles. The first kappa shape index (κ1) is 18.2. The predicted octanol–water partition coefficient (Wildman–Crippen LogP) is 3.32. The fraction of sp³-hybridized carbons (Fsp3) is 0.500. The van der Waals surface area contributed by atoms with Gasteiger partial charge in [0, 0.05) is 18.8 Å². The first-order chi connectivity index (χ1) is 11.6. The van der Waals surface area contributed by atoms with E-state index < -0.39 is 6.03 Å². The Hall–Kier alpha value is -2.11. The number of imide groups is 1. The van der Waals surface area contributed by atoms with Gasteiger partial charge in [-0.05, 0) is 30.5 Å². The van der Waals surface area contributed by atoms with Crippen LogP contribution in [0.15, 0.2) is 24.3 Å². The van der Waals surface area contributed by atoms with Crippen LogP contribution in [0.2, 0.25) is 0 Å². The first-order valence-corrected chi connectivity index (χ1v) is 8.50. The number of rotatable bonds is 7.